The first-order chi connectivity index (χ1) is 13.4. The number of hydrogen-bond acceptors (Lipinski definition) is 6. The number of rotatable bonds is 4. The molecule has 1 aromatic rings. The van der Waals surface area contributed by atoms with E-state index in [-0.39, 0.29) is 18.9 Å². The molecule has 2 atom stereocenters. The number of aliphatic imine (C=N–C) groups is 1. The maximum Gasteiger partial charge on any atom is 0.411 e. The van der Waals surface area contributed by atoms with Crippen molar-refractivity contribution in [2.45, 2.75) is 46.4 Å². The zero-order chi connectivity index (χ0) is 20.4. The summed E-state index contributed by atoms with van der Waals surface area (Å²) >= 11 is 0. The third kappa shape index (κ3) is 8.10. The fourth-order valence-corrected chi connectivity index (χ4v) is 2.48. The number of carbonyl (C=O) groups is 1. The van der Waals surface area contributed by atoms with E-state index >= 15 is 0 Å². The Bertz CT molecular complexity index is 688. The average molecular weight is 389 g/mol. The Morgan fingerprint density at radius 1 is 1.36 bits per heavy atom. The van der Waals surface area contributed by atoms with Crippen molar-refractivity contribution in [3.05, 3.63) is 41.6 Å². The third-order valence-electron chi connectivity index (χ3n) is 3.97. The molecule has 2 rings (SSSR count). The van der Waals surface area contributed by atoms with Gasteiger partial charge in [-0.25, -0.2) is 4.79 Å². The van der Waals surface area contributed by atoms with E-state index in [2.05, 4.69) is 29.5 Å². The molecule has 0 saturated heterocycles. The predicted octanol–water partition coefficient (Wildman–Crippen LogP) is 3.78. The van der Waals surface area contributed by atoms with Crippen LogP contribution in [-0.2, 0) is 9.47 Å². The first-order valence-corrected chi connectivity index (χ1v) is 9.66. The van der Waals surface area contributed by atoms with E-state index in [9.17, 15) is 4.79 Å². The van der Waals surface area contributed by atoms with Gasteiger partial charge in [-0.2, -0.15) is 0 Å². The molecule has 0 unspecified atom stereocenters. The normalized spacial score (nSPS) is 25.0. The first-order valence-electron chi connectivity index (χ1n) is 9.66. The standard InChI is InChI=1S/C21H31N3O4/c1-15(2)13-27-19-7-5-6-18(12-19)20-23-14-22-10-8-16(3)24-21(25)26-11-9-17(4)28-20/h5-8,10,12,15,17,20,23H,9,11,13-14H2,1-4H3,(H,24,25)/b16-8+,22-10-/t17-,20+/m1/s1. The van der Waals surface area contributed by atoms with Crippen molar-refractivity contribution in [1.82, 2.24) is 10.6 Å². The molecule has 28 heavy (non-hydrogen) atoms. The Hall–Kier alpha value is -2.38. The zero-order valence-corrected chi connectivity index (χ0v) is 17.1. The van der Waals surface area contributed by atoms with Gasteiger partial charge in [-0.15, -0.1) is 0 Å². The zero-order valence-electron chi connectivity index (χ0n) is 17.1. The smallest absolute Gasteiger partial charge is 0.411 e. The summed E-state index contributed by atoms with van der Waals surface area (Å²) in [5, 5.41) is 5.95. The largest absolute Gasteiger partial charge is 0.493 e. The average Bonchev–Trinajstić information content (AvgIpc) is 2.64. The van der Waals surface area contributed by atoms with Crippen LogP contribution in [0.3, 0.4) is 0 Å². The van der Waals surface area contributed by atoms with E-state index in [1.54, 1.807) is 19.2 Å². The Kier molecular flexibility index (Phi) is 8.97. The molecule has 0 saturated carbocycles. The highest BCUT2D eigenvalue weighted by Crippen LogP contribution is 2.23. The van der Waals surface area contributed by atoms with Crippen LogP contribution in [0.25, 0.3) is 0 Å². The molecule has 0 bridgehead atoms. The molecule has 0 spiro atoms. The third-order valence-corrected chi connectivity index (χ3v) is 3.97. The summed E-state index contributed by atoms with van der Waals surface area (Å²) in [6.07, 6.45) is 2.99. The van der Waals surface area contributed by atoms with Gasteiger partial charge < -0.3 is 14.2 Å². The fraction of sp³-hybridized carbons (Fsp3) is 0.524. The molecule has 1 aromatic carbocycles. The van der Waals surface area contributed by atoms with E-state index < -0.39 is 6.09 Å². The topological polar surface area (TPSA) is 81.2 Å². The molecule has 7 nitrogen and oxygen atoms in total. The number of nitrogens with zero attached hydrogens (tertiary/aromatic N) is 1. The van der Waals surface area contributed by atoms with Crippen LogP contribution in [0.1, 0.15) is 45.9 Å². The Balaban J connectivity index is 2.12. The summed E-state index contributed by atoms with van der Waals surface area (Å²) in [6, 6.07) is 7.87. The van der Waals surface area contributed by atoms with Crippen LogP contribution in [0.2, 0.25) is 0 Å². The van der Waals surface area contributed by atoms with Crippen molar-refractivity contribution in [3.8, 4) is 5.75 Å². The van der Waals surface area contributed by atoms with E-state index in [0.717, 1.165) is 11.3 Å². The minimum absolute atomic E-state index is 0.117. The number of allylic oxidation sites excluding steroid dienone is 2. The second-order valence-electron chi connectivity index (χ2n) is 7.20. The highest BCUT2D eigenvalue weighted by molar-refractivity contribution is 5.75. The number of carbonyl (C=O) groups excluding carboxylic acids is 1. The molecule has 1 heterocycles. The molecular weight excluding hydrogens is 358 g/mol. The summed E-state index contributed by atoms with van der Waals surface area (Å²) in [5.74, 6) is 1.26. The molecule has 0 aliphatic carbocycles. The van der Waals surface area contributed by atoms with Crippen LogP contribution in [0.15, 0.2) is 41.0 Å². The van der Waals surface area contributed by atoms with Crippen LogP contribution >= 0.6 is 0 Å². The van der Waals surface area contributed by atoms with Crippen LogP contribution in [0.4, 0.5) is 4.79 Å². The van der Waals surface area contributed by atoms with Crippen molar-refractivity contribution >= 4 is 12.3 Å². The maximum absolute atomic E-state index is 11.7. The molecule has 0 aromatic heterocycles. The lowest BCUT2D eigenvalue weighted by molar-refractivity contribution is -0.0328. The minimum Gasteiger partial charge on any atom is -0.493 e. The quantitative estimate of drug-likeness (QED) is 0.819. The molecule has 0 radical (unpaired) electrons. The highest BCUT2D eigenvalue weighted by atomic mass is 16.6. The van der Waals surface area contributed by atoms with Crippen LogP contribution < -0.4 is 15.4 Å². The Morgan fingerprint density at radius 2 is 2.18 bits per heavy atom. The molecule has 154 valence electrons. The minimum atomic E-state index is -0.476. The van der Waals surface area contributed by atoms with Crippen LogP contribution in [-0.4, -0.2) is 38.3 Å². The van der Waals surface area contributed by atoms with Gasteiger partial charge >= 0.3 is 6.09 Å². The molecule has 2 N–H and O–H groups in total. The molecule has 1 aliphatic rings. The van der Waals surface area contributed by atoms with Gasteiger partial charge in [0.15, 0.2) is 0 Å². The van der Waals surface area contributed by atoms with Crippen molar-refractivity contribution in [2.24, 2.45) is 10.9 Å². The van der Waals surface area contributed by atoms with Crippen LogP contribution in [0, 0.1) is 5.92 Å². The molecule has 1 aliphatic heterocycles. The highest BCUT2D eigenvalue weighted by Gasteiger charge is 2.17. The van der Waals surface area contributed by atoms with Gasteiger partial charge in [0.2, 0.25) is 0 Å². The van der Waals surface area contributed by atoms with Gasteiger partial charge in [0.25, 0.3) is 0 Å². The number of amides is 1. The monoisotopic (exact) mass is 389 g/mol. The van der Waals surface area contributed by atoms with Gasteiger partial charge in [0, 0.05) is 18.3 Å². The summed E-state index contributed by atoms with van der Waals surface area (Å²) in [6.45, 7) is 9.28. The van der Waals surface area contributed by atoms with Crippen LogP contribution in [0.5, 0.6) is 5.75 Å². The molecule has 7 heteroatoms. The van der Waals surface area contributed by atoms with E-state index in [0.29, 0.717) is 31.3 Å². The van der Waals surface area contributed by atoms with Crippen molar-refractivity contribution < 1.29 is 19.0 Å². The number of hydrogen-bond donors (Lipinski definition) is 2. The first kappa shape index (κ1) is 21.9. The SMILES string of the molecule is C/C1=C\C=N/CN[C@H](c2cccc(OCC(C)C)c2)O[C@H](C)CCOC(=O)N1. The summed E-state index contributed by atoms with van der Waals surface area (Å²) in [5.41, 5.74) is 1.63. The number of nitrogens with one attached hydrogen (secondary N) is 2. The second-order valence-corrected chi connectivity index (χ2v) is 7.20. The number of benzene rings is 1. The van der Waals surface area contributed by atoms with E-state index in [1.165, 1.54) is 0 Å². The summed E-state index contributed by atoms with van der Waals surface area (Å²) < 4.78 is 17.2. The maximum atomic E-state index is 11.7. The van der Waals surface area contributed by atoms with E-state index in [1.807, 2.05) is 31.2 Å². The Labute approximate surface area is 167 Å². The van der Waals surface area contributed by atoms with Crippen molar-refractivity contribution in [3.63, 3.8) is 0 Å². The van der Waals surface area contributed by atoms with Gasteiger partial charge in [0.1, 0.15) is 12.0 Å². The summed E-state index contributed by atoms with van der Waals surface area (Å²) in [7, 11) is 0. The number of alkyl carbamates (subject to hydrolysis) is 1. The van der Waals surface area contributed by atoms with E-state index in [4.69, 9.17) is 14.2 Å². The lowest BCUT2D eigenvalue weighted by Crippen LogP contribution is -2.29. The molecule has 0 fully saturated rings. The molecular formula is C21H31N3O4. The fourth-order valence-electron chi connectivity index (χ4n) is 2.48. The number of cyclic esters (lactones) is 1. The second kappa shape index (κ2) is 11.5. The lowest BCUT2D eigenvalue weighted by Gasteiger charge is -2.24. The van der Waals surface area contributed by atoms with Crippen molar-refractivity contribution in [2.75, 3.05) is 19.9 Å². The van der Waals surface area contributed by atoms with Gasteiger partial charge in [0.05, 0.1) is 26.0 Å². The van der Waals surface area contributed by atoms with Gasteiger partial charge in [-0.1, -0.05) is 26.0 Å². The van der Waals surface area contributed by atoms with Gasteiger partial charge in [-0.05, 0) is 43.5 Å². The van der Waals surface area contributed by atoms with Gasteiger partial charge in [-0.3, -0.25) is 15.6 Å². The predicted molar refractivity (Wildman–Crippen MR) is 109 cm³/mol. The molecule has 1 amide bonds. The number of ether oxygens (including phenoxy) is 3. The van der Waals surface area contributed by atoms with Crippen molar-refractivity contribution in [1.29, 1.82) is 0 Å². The lowest BCUT2D eigenvalue weighted by atomic mass is 10.1. The summed E-state index contributed by atoms with van der Waals surface area (Å²) in [4.78, 5) is 16.0. The Morgan fingerprint density at radius 3 is 2.96 bits per heavy atom.